The highest BCUT2D eigenvalue weighted by molar-refractivity contribution is 5.98. The molecule has 0 aromatic heterocycles. The van der Waals surface area contributed by atoms with E-state index in [0.29, 0.717) is 0 Å². The predicted octanol–water partition coefficient (Wildman–Crippen LogP) is 19.9. The Kier molecular flexibility index (Phi) is 11.0. The third-order valence-electron chi connectivity index (χ3n) is 19.4. The third-order valence-corrected chi connectivity index (χ3v) is 19.4. The van der Waals surface area contributed by atoms with Crippen LogP contribution in [-0.4, -0.2) is 0 Å². The molecule has 12 rings (SSSR count). The zero-order valence-electron chi connectivity index (χ0n) is 46.4. The molecule has 0 heterocycles. The molecule has 1 heteroatoms. The van der Waals surface area contributed by atoms with Crippen LogP contribution in [0.3, 0.4) is 0 Å². The van der Waals surface area contributed by atoms with E-state index in [-0.39, 0.29) is 32.5 Å². The summed E-state index contributed by atoms with van der Waals surface area (Å²) >= 11 is 0. The van der Waals surface area contributed by atoms with Gasteiger partial charge in [-0.05, 0) is 191 Å². The summed E-state index contributed by atoms with van der Waals surface area (Å²) in [5.41, 5.74) is 25.3. The van der Waals surface area contributed by atoms with Crippen molar-refractivity contribution in [1.29, 1.82) is 0 Å². The number of hydrogen-bond acceptors (Lipinski definition) is 1. The fourth-order valence-electron chi connectivity index (χ4n) is 14.5. The van der Waals surface area contributed by atoms with Gasteiger partial charge in [0.2, 0.25) is 0 Å². The highest BCUT2D eigenvalue weighted by Crippen LogP contribution is 2.61. The molecule has 1 nitrogen and oxygen atoms in total. The standard InChI is InChI=1S/C73H77N/c1-67(2)38-40-70(7,8)63-44-49(32-36-59(63)67)48-30-33-52(34-31-48)74(53-35-37-60-64(45-53)71(9,10)41-39-68(60,3)4)65-47-62-56(46-57(65)55-27-21-29-61-66(55)72(11,12)43-42-69(61,5)6)54-26-19-20-28-58(54)73(62,50-22-15-13-16-23-50)51-24-17-14-18-25-51/h13-37,44-47H,38-43H2,1-12H3. The highest BCUT2D eigenvalue weighted by atomic mass is 15.1. The molecule has 0 saturated heterocycles. The van der Waals surface area contributed by atoms with E-state index in [1.807, 2.05) is 0 Å². The van der Waals surface area contributed by atoms with Gasteiger partial charge in [0.1, 0.15) is 0 Å². The summed E-state index contributed by atoms with van der Waals surface area (Å²) in [4.78, 5) is 2.65. The molecule has 0 saturated carbocycles. The van der Waals surface area contributed by atoms with Crippen LogP contribution in [0.2, 0.25) is 0 Å². The molecule has 0 amide bonds. The summed E-state index contributed by atoms with van der Waals surface area (Å²) in [5, 5.41) is 0. The zero-order valence-corrected chi connectivity index (χ0v) is 46.4. The van der Waals surface area contributed by atoms with Gasteiger partial charge in [0.05, 0.1) is 11.1 Å². The molecule has 8 aromatic carbocycles. The van der Waals surface area contributed by atoms with Gasteiger partial charge in [-0.1, -0.05) is 223 Å². The minimum Gasteiger partial charge on any atom is -0.310 e. The molecule has 4 aliphatic carbocycles. The molecule has 0 N–H and O–H groups in total. The maximum atomic E-state index is 2.65. The van der Waals surface area contributed by atoms with Gasteiger partial charge in [0, 0.05) is 16.9 Å². The number of nitrogens with zero attached hydrogens (tertiary/aromatic N) is 1. The summed E-state index contributed by atoms with van der Waals surface area (Å²) in [6, 6.07) is 68.9. The second-order valence-corrected chi connectivity index (χ2v) is 26.8. The van der Waals surface area contributed by atoms with Crippen molar-refractivity contribution in [3.8, 4) is 33.4 Å². The summed E-state index contributed by atoms with van der Waals surface area (Å²) < 4.78 is 0. The number of anilines is 3. The van der Waals surface area contributed by atoms with Crippen molar-refractivity contribution in [1.82, 2.24) is 0 Å². The van der Waals surface area contributed by atoms with Gasteiger partial charge in [0.25, 0.3) is 0 Å². The van der Waals surface area contributed by atoms with Gasteiger partial charge in [-0.3, -0.25) is 0 Å². The first kappa shape index (κ1) is 48.5. The number of hydrogen-bond donors (Lipinski definition) is 0. The van der Waals surface area contributed by atoms with Crippen LogP contribution in [-0.2, 0) is 37.9 Å². The van der Waals surface area contributed by atoms with Crippen LogP contribution in [0.25, 0.3) is 33.4 Å². The van der Waals surface area contributed by atoms with Crippen molar-refractivity contribution >= 4 is 17.1 Å². The van der Waals surface area contributed by atoms with Gasteiger partial charge >= 0.3 is 0 Å². The first-order valence-electron chi connectivity index (χ1n) is 27.9. The van der Waals surface area contributed by atoms with Gasteiger partial charge in [-0.15, -0.1) is 0 Å². The Morgan fingerprint density at radius 2 is 0.743 bits per heavy atom. The molecule has 74 heavy (non-hydrogen) atoms. The molecule has 0 unspecified atom stereocenters. The van der Waals surface area contributed by atoms with Crippen molar-refractivity contribution in [2.45, 2.75) is 160 Å². The molecule has 8 aromatic rings. The normalized spacial score (nSPS) is 19.5. The Hall–Kier alpha value is -6.44. The van der Waals surface area contributed by atoms with Gasteiger partial charge < -0.3 is 4.90 Å². The lowest BCUT2D eigenvalue weighted by Crippen LogP contribution is -2.34. The van der Waals surface area contributed by atoms with Gasteiger partial charge in [-0.25, -0.2) is 0 Å². The van der Waals surface area contributed by atoms with Crippen molar-refractivity contribution in [3.05, 3.63) is 232 Å². The highest BCUT2D eigenvalue weighted by Gasteiger charge is 2.48. The number of rotatable bonds is 7. The van der Waals surface area contributed by atoms with Crippen molar-refractivity contribution in [3.63, 3.8) is 0 Å². The minimum atomic E-state index is -0.564. The molecule has 374 valence electrons. The Morgan fingerprint density at radius 3 is 1.35 bits per heavy atom. The van der Waals surface area contributed by atoms with E-state index in [9.17, 15) is 0 Å². The van der Waals surface area contributed by atoms with E-state index < -0.39 is 5.41 Å². The summed E-state index contributed by atoms with van der Waals surface area (Å²) in [6.45, 7) is 29.5. The van der Waals surface area contributed by atoms with Crippen molar-refractivity contribution in [2.24, 2.45) is 0 Å². The summed E-state index contributed by atoms with van der Waals surface area (Å²) in [5.74, 6) is 0. The Balaban J connectivity index is 1.18. The third kappa shape index (κ3) is 7.45. The Bertz CT molecular complexity index is 3450. The first-order chi connectivity index (χ1) is 35.1. The average Bonchev–Trinajstić information content (AvgIpc) is 3.71. The van der Waals surface area contributed by atoms with E-state index in [1.54, 1.807) is 0 Å². The van der Waals surface area contributed by atoms with Crippen molar-refractivity contribution in [2.75, 3.05) is 4.90 Å². The number of benzene rings is 8. The molecule has 4 aliphatic rings. The topological polar surface area (TPSA) is 3.24 Å². The molecule has 0 spiro atoms. The lowest BCUT2D eigenvalue weighted by molar-refractivity contribution is 0.332. The maximum absolute atomic E-state index is 2.65. The van der Waals surface area contributed by atoms with E-state index in [2.05, 4.69) is 264 Å². The lowest BCUT2D eigenvalue weighted by Gasteiger charge is -2.44. The smallest absolute Gasteiger partial charge is 0.0714 e. The van der Waals surface area contributed by atoms with Gasteiger partial charge in [0.15, 0.2) is 0 Å². The Labute approximate surface area is 444 Å². The van der Waals surface area contributed by atoms with E-state index >= 15 is 0 Å². The predicted molar refractivity (Wildman–Crippen MR) is 315 cm³/mol. The fourth-order valence-corrected chi connectivity index (χ4v) is 14.5. The molecule has 0 radical (unpaired) electrons. The van der Waals surface area contributed by atoms with E-state index in [1.165, 1.54) is 120 Å². The average molecular weight is 968 g/mol. The maximum Gasteiger partial charge on any atom is 0.0714 e. The molecule has 0 bridgehead atoms. The van der Waals surface area contributed by atoms with Crippen LogP contribution >= 0.6 is 0 Å². The minimum absolute atomic E-state index is 0.0253. The van der Waals surface area contributed by atoms with E-state index in [4.69, 9.17) is 0 Å². The largest absolute Gasteiger partial charge is 0.310 e. The van der Waals surface area contributed by atoms with Crippen molar-refractivity contribution < 1.29 is 0 Å². The Morgan fingerprint density at radius 1 is 0.284 bits per heavy atom. The monoisotopic (exact) mass is 968 g/mol. The van der Waals surface area contributed by atoms with Crippen LogP contribution in [0.1, 0.15) is 177 Å². The SMILES string of the molecule is CC1(C)CCC(C)(C)c2cc(-c3ccc(N(c4ccc5c(c4)C(C)(C)CCC5(C)C)c4cc5c(cc4-c4cccc6c4C(C)(C)CCC6(C)C)-c4ccccc4C5(c4ccccc4)c4ccccc4)cc3)ccc21. The summed E-state index contributed by atoms with van der Waals surface area (Å²) in [7, 11) is 0. The molecule has 0 fully saturated rings. The van der Waals surface area contributed by atoms with Crippen LogP contribution in [0.5, 0.6) is 0 Å². The molecule has 0 atom stereocenters. The quantitative estimate of drug-likeness (QED) is 0.154. The molecular weight excluding hydrogens is 891 g/mol. The van der Waals surface area contributed by atoms with Crippen LogP contribution < -0.4 is 4.90 Å². The van der Waals surface area contributed by atoms with Crippen LogP contribution in [0.4, 0.5) is 17.1 Å². The molecule has 0 aliphatic heterocycles. The van der Waals surface area contributed by atoms with Crippen LogP contribution in [0, 0.1) is 0 Å². The van der Waals surface area contributed by atoms with Gasteiger partial charge in [-0.2, -0.15) is 0 Å². The molecular formula is C73H77N. The second kappa shape index (κ2) is 16.8. The van der Waals surface area contributed by atoms with Crippen LogP contribution in [0.15, 0.2) is 176 Å². The number of fused-ring (bicyclic) bond motifs is 6. The first-order valence-corrected chi connectivity index (χ1v) is 27.9. The zero-order chi connectivity index (χ0) is 51.8. The fraction of sp³-hybridized carbons (Fsp3) is 0.342. The lowest BCUT2D eigenvalue weighted by atomic mass is 9.61. The second-order valence-electron chi connectivity index (χ2n) is 26.8. The van der Waals surface area contributed by atoms with E-state index in [0.717, 1.165) is 24.9 Å². The summed E-state index contributed by atoms with van der Waals surface area (Å²) in [6.07, 6.45) is 7.04.